The SMILES string of the molecule is C=C[C@@H]([C@@H]1C[C@H](C[C@@H]2C[C@H](C[C@@H]3C[C@H](CC(O)C(C)P(=O)(OCC)OCC)OC(C)(C)O3)OC(C)(C)O2)OC(C)(C)O1)[C@@H](CCCCC)O[Si](C)(C)C(C)(C)C. The Morgan fingerprint density at radius 1 is 0.786 bits per heavy atom. The minimum Gasteiger partial charge on any atom is -0.413 e. The van der Waals surface area contributed by atoms with E-state index in [1.807, 2.05) is 41.5 Å². The van der Waals surface area contributed by atoms with Crippen LogP contribution in [0.1, 0.15) is 154 Å². The van der Waals surface area contributed by atoms with Crippen molar-refractivity contribution in [2.75, 3.05) is 13.2 Å². The van der Waals surface area contributed by atoms with Crippen molar-refractivity contribution >= 4 is 15.9 Å². The summed E-state index contributed by atoms with van der Waals surface area (Å²) in [6, 6.07) is 0. The van der Waals surface area contributed by atoms with Crippen LogP contribution in [0, 0.1) is 5.92 Å². The van der Waals surface area contributed by atoms with E-state index in [4.69, 9.17) is 41.9 Å². The van der Waals surface area contributed by atoms with Crippen molar-refractivity contribution in [3.05, 3.63) is 12.7 Å². The minimum atomic E-state index is -3.49. The van der Waals surface area contributed by atoms with Crippen molar-refractivity contribution in [1.29, 1.82) is 0 Å². The van der Waals surface area contributed by atoms with Crippen molar-refractivity contribution in [1.82, 2.24) is 0 Å². The van der Waals surface area contributed by atoms with Crippen LogP contribution in [-0.2, 0) is 46.5 Å². The Hall–Kier alpha value is -0.213. The van der Waals surface area contributed by atoms with E-state index in [9.17, 15) is 9.67 Å². The first-order valence-electron chi connectivity index (χ1n) is 21.7. The van der Waals surface area contributed by atoms with Gasteiger partial charge in [-0.3, -0.25) is 4.57 Å². The molecule has 3 heterocycles. The highest BCUT2D eigenvalue weighted by Crippen LogP contribution is 2.55. The number of rotatable bonds is 21. The van der Waals surface area contributed by atoms with Gasteiger partial charge in [0, 0.05) is 44.4 Å². The summed E-state index contributed by atoms with van der Waals surface area (Å²) in [5.41, 5.74) is -0.703. The van der Waals surface area contributed by atoms with Crippen molar-refractivity contribution in [3.8, 4) is 0 Å². The molecule has 0 aromatic rings. The molecule has 0 spiro atoms. The molecule has 0 amide bonds. The standard InChI is InChI=1S/C43H83O11PSi/c1-17-21-22-23-38(54-56(15,16)40(6,7)8)36(18-2)39-29-35(52-43(13,14)53-39)27-33-25-31(48-41(9,10)50-33)24-32-26-34(51-42(11,12)49-32)28-37(44)30(5)55(45,46-19-3)47-20-4/h18,30-39,44H,2,17,19-29H2,1,3-16H3/t30?,31-,32+,33-,34+,35-,36+,37?,38+,39-/m0/s1. The van der Waals surface area contributed by atoms with Gasteiger partial charge in [-0.05, 0) is 86.9 Å². The first-order chi connectivity index (χ1) is 25.8. The molecular formula is C43H83O11PSi. The summed E-state index contributed by atoms with van der Waals surface area (Å²) in [5, 5.41) is 11.3. The molecular weight excluding hydrogens is 752 g/mol. The highest BCUT2D eigenvalue weighted by molar-refractivity contribution is 7.54. The van der Waals surface area contributed by atoms with Gasteiger partial charge >= 0.3 is 7.60 Å². The second-order valence-corrected chi connectivity index (χ2v) is 26.5. The fourth-order valence-electron chi connectivity index (χ4n) is 8.47. The average molecular weight is 835 g/mol. The monoisotopic (exact) mass is 835 g/mol. The van der Waals surface area contributed by atoms with E-state index in [2.05, 4.69) is 53.4 Å². The van der Waals surface area contributed by atoms with E-state index in [1.54, 1.807) is 20.8 Å². The van der Waals surface area contributed by atoms with Crippen LogP contribution < -0.4 is 0 Å². The van der Waals surface area contributed by atoms with Gasteiger partial charge in [-0.1, -0.05) is 53.0 Å². The van der Waals surface area contributed by atoms with Gasteiger partial charge in [0.15, 0.2) is 25.7 Å². The lowest BCUT2D eigenvalue weighted by molar-refractivity contribution is -0.337. The molecule has 3 fully saturated rings. The lowest BCUT2D eigenvalue weighted by Crippen LogP contribution is -2.53. The molecule has 11 nitrogen and oxygen atoms in total. The summed E-state index contributed by atoms with van der Waals surface area (Å²) in [7, 11) is -5.55. The molecule has 1 N–H and O–H groups in total. The highest BCUT2D eigenvalue weighted by Gasteiger charge is 2.47. The fraction of sp³-hybridized carbons (Fsp3) is 0.953. The largest absolute Gasteiger partial charge is 0.413 e. The van der Waals surface area contributed by atoms with E-state index in [-0.39, 0.29) is 73.3 Å². The molecule has 0 aromatic carbocycles. The van der Waals surface area contributed by atoms with Crippen LogP contribution in [0.25, 0.3) is 0 Å². The Morgan fingerprint density at radius 2 is 1.23 bits per heavy atom. The molecule has 3 aliphatic rings. The predicted octanol–water partition coefficient (Wildman–Crippen LogP) is 10.7. The van der Waals surface area contributed by atoms with Crippen molar-refractivity contribution < 1.29 is 51.6 Å². The summed E-state index contributed by atoms with van der Waals surface area (Å²) in [5.74, 6) is -2.43. The lowest BCUT2D eigenvalue weighted by atomic mass is 9.86. The van der Waals surface area contributed by atoms with Crippen LogP contribution in [0.15, 0.2) is 12.7 Å². The number of ether oxygens (including phenoxy) is 6. The molecule has 330 valence electrons. The Labute approximate surface area is 342 Å². The zero-order chi connectivity index (χ0) is 42.3. The Balaban J connectivity index is 1.73. The van der Waals surface area contributed by atoms with Crippen molar-refractivity contribution in [2.24, 2.45) is 5.92 Å². The van der Waals surface area contributed by atoms with Gasteiger partial charge in [-0.2, -0.15) is 0 Å². The minimum absolute atomic E-state index is 0.0258. The molecule has 3 saturated heterocycles. The summed E-state index contributed by atoms with van der Waals surface area (Å²) in [6.45, 7) is 35.6. The van der Waals surface area contributed by atoms with E-state index < -0.39 is 45.0 Å². The van der Waals surface area contributed by atoms with Gasteiger partial charge in [-0.15, -0.1) is 6.58 Å². The zero-order valence-corrected chi connectivity index (χ0v) is 39.9. The smallest absolute Gasteiger partial charge is 0.336 e. The van der Waals surface area contributed by atoms with Gasteiger partial charge < -0.3 is 47.0 Å². The maximum atomic E-state index is 13.4. The molecule has 10 atom stereocenters. The van der Waals surface area contributed by atoms with Gasteiger partial charge in [-0.25, -0.2) is 0 Å². The first-order valence-corrected chi connectivity index (χ1v) is 26.2. The zero-order valence-electron chi connectivity index (χ0n) is 38.0. The van der Waals surface area contributed by atoms with Crippen molar-refractivity contribution in [2.45, 2.75) is 244 Å². The molecule has 0 saturated carbocycles. The third kappa shape index (κ3) is 14.8. The summed E-state index contributed by atoms with van der Waals surface area (Å²) in [4.78, 5) is 0. The van der Waals surface area contributed by atoms with Crippen LogP contribution in [0.4, 0.5) is 0 Å². The van der Waals surface area contributed by atoms with Gasteiger partial charge in [0.2, 0.25) is 0 Å². The number of unbranched alkanes of at least 4 members (excludes halogenated alkanes) is 2. The Kier molecular flexibility index (Phi) is 18.4. The molecule has 3 rings (SSSR count). The topological polar surface area (TPSA) is 120 Å². The Bertz CT molecular complexity index is 1240. The predicted molar refractivity (Wildman–Crippen MR) is 225 cm³/mol. The molecule has 3 aliphatic heterocycles. The van der Waals surface area contributed by atoms with Crippen LogP contribution >= 0.6 is 7.60 Å². The molecule has 13 heteroatoms. The molecule has 0 aliphatic carbocycles. The molecule has 0 radical (unpaired) electrons. The van der Waals surface area contributed by atoms with Gasteiger partial charge in [0.1, 0.15) is 0 Å². The number of aliphatic hydroxyl groups is 1. The fourth-order valence-corrected chi connectivity index (χ4v) is 11.7. The molecule has 2 unspecified atom stereocenters. The van der Waals surface area contributed by atoms with Crippen LogP contribution in [0.3, 0.4) is 0 Å². The van der Waals surface area contributed by atoms with E-state index in [0.29, 0.717) is 25.7 Å². The second kappa shape index (κ2) is 20.6. The Morgan fingerprint density at radius 3 is 1.68 bits per heavy atom. The van der Waals surface area contributed by atoms with Crippen molar-refractivity contribution in [3.63, 3.8) is 0 Å². The third-order valence-corrected chi connectivity index (χ3v) is 19.0. The third-order valence-electron chi connectivity index (χ3n) is 11.9. The first kappa shape index (κ1) is 50.1. The quantitative estimate of drug-likeness (QED) is 0.0515. The van der Waals surface area contributed by atoms with Gasteiger partial charge in [0.25, 0.3) is 0 Å². The van der Waals surface area contributed by atoms with E-state index in [1.165, 1.54) is 6.42 Å². The summed E-state index contributed by atoms with van der Waals surface area (Å²) >= 11 is 0. The van der Waals surface area contributed by atoms with Gasteiger partial charge in [0.05, 0.1) is 67.7 Å². The summed E-state index contributed by atoms with van der Waals surface area (Å²) < 4.78 is 70.9. The van der Waals surface area contributed by atoms with E-state index >= 15 is 0 Å². The van der Waals surface area contributed by atoms with Crippen LogP contribution in [0.2, 0.25) is 18.1 Å². The number of aliphatic hydroxyl groups excluding tert-OH is 1. The lowest BCUT2D eigenvalue weighted by Gasteiger charge is -2.48. The van der Waals surface area contributed by atoms with Crippen LogP contribution in [-0.4, -0.2) is 98.5 Å². The second-order valence-electron chi connectivity index (χ2n) is 19.4. The number of hydrogen-bond donors (Lipinski definition) is 1. The molecule has 0 aromatic heterocycles. The van der Waals surface area contributed by atoms with E-state index in [0.717, 1.165) is 25.7 Å². The summed E-state index contributed by atoms with van der Waals surface area (Å²) in [6.07, 6.45) is 8.22. The van der Waals surface area contributed by atoms with Crippen LogP contribution in [0.5, 0.6) is 0 Å². The average Bonchev–Trinajstić information content (AvgIpc) is 3.02. The molecule has 56 heavy (non-hydrogen) atoms. The highest BCUT2D eigenvalue weighted by atomic mass is 31.2. The number of hydrogen-bond acceptors (Lipinski definition) is 11. The maximum absolute atomic E-state index is 13.4. The maximum Gasteiger partial charge on any atom is 0.336 e. The molecule has 0 bridgehead atoms. The normalized spacial score (nSPS) is 30.6.